The number of hydrogen-bond donors (Lipinski definition) is 1. The van der Waals surface area contributed by atoms with Crippen LogP contribution in [0.5, 0.6) is 5.75 Å². The molecule has 0 saturated carbocycles. The molecule has 1 atom stereocenters. The molecule has 1 N–H and O–H groups in total. The van der Waals surface area contributed by atoms with Crippen LogP contribution in [0.15, 0.2) is 58.8 Å². The van der Waals surface area contributed by atoms with Crippen LogP contribution < -0.4 is 10.1 Å². The maximum Gasteiger partial charge on any atom is 0.340 e. The van der Waals surface area contributed by atoms with Gasteiger partial charge in [-0.05, 0) is 50.2 Å². The first-order valence-electron chi connectivity index (χ1n) is 9.25. The van der Waals surface area contributed by atoms with E-state index in [0.717, 1.165) is 15.6 Å². The van der Waals surface area contributed by atoms with Crippen LogP contribution in [0.3, 0.4) is 0 Å². The molecule has 1 aromatic heterocycles. The summed E-state index contributed by atoms with van der Waals surface area (Å²) in [6.45, 7) is 3.51. The molecule has 0 bridgehead atoms. The Hall–Kier alpha value is -2.84. The van der Waals surface area contributed by atoms with Gasteiger partial charge >= 0.3 is 5.97 Å². The van der Waals surface area contributed by atoms with Crippen LogP contribution in [0.4, 0.5) is 5.69 Å². The van der Waals surface area contributed by atoms with Crippen molar-refractivity contribution in [3.05, 3.63) is 70.2 Å². The Kier molecular flexibility index (Phi) is 7.48. The normalized spacial score (nSPS) is 11.6. The van der Waals surface area contributed by atoms with Gasteiger partial charge in [0, 0.05) is 21.7 Å². The smallest absolute Gasteiger partial charge is 0.340 e. The number of aryl methyl sites for hydroxylation is 1. The second-order valence-electron chi connectivity index (χ2n) is 6.41. The fourth-order valence-corrected chi connectivity index (χ4v) is 4.23. The highest BCUT2D eigenvalue weighted by atomic mass is 32.2. The summed E-state index contributed by atoms with van der Waals surface area (Å²) in [7, 11) is 1.57. The number of anilines is 1. The van der Waals surface area contributed by atoms with E-state index in [1.165, 1.54) is 11.8 Å². The fourth-order valence-electron chi connectivity index (χ4n) is 2.58. The van der Waals surface area contributed by atoms with Gasteiger partial charge in [-0.3, -0.25) is 4.79 Å². The molecule has 2 aromatic carbocycles. The van der Waals surface area contributed by atoms with Gasteiger partial charge in [0.1, 0.15) is 5.75 Å². The molecule has 3 aromatic rings. The topological polar surface area (TPSA) is 77.5 Å². The lowest BCUT2D eigenvalue weighted by Crippen LogP contribution is -2.30. The van der Waals surface area contributed by atoms with Crippen LogP contribution in [0.1, 0.15) is 28.0 Å². The van der Waals surface area contributed by atoms with Crippen molar-refractivity contribution in [1.82, 2.24) is 4.98 Å². The first-order chi connectivity index (χ1) is 14.5. The zero-order valence-electron chi connectivity index (χ0n) is 16.9. The van der Waals surface area contributed by atoms with E-state index in [9.17, 15) is 9.59 Å². The molecule has 0 fully saturated rings. The van der Waals surface area contributed by atoms with Gasteiger partial charge in [0.2, 0.25) is 0 Å². The summed E-state index contributed by atoms with van der Waals surface area (Å²) in [6, 6.07) is 14.1. The van der Waals surface area contributed by atoms with E-state index in [-0.39, 0.29) is 0 Å². The average molecular weight is 443 g/mol. The number of aromatic nitrogens is 1. The Bertz CT molecular complexity index is 1020. The van der Waals surface area contributed by atoms with Crippen LogP contribution in [-0.2, 0) is 15.3 Å². The van der Waals surface area contributed by atoms with Crippen molar-refractivity contribution < 1.29 is 19.1 Å². The maximum absolute atomic E-state index is 12.7. The fraction of sp³-hybridized carbons (Fsp3) is 0.227. The number of esters is 1. The molecular formula is C22H22N2O4S2. The molecule has 1 amide bonds. The third kappa shape index (κ3) is 5.84. The van der Waals surface area contributed by atoms with Gasteiger partial charge in [-0.15, -0.1) is 23.1 Å². The number of carbonyl (C=O) groups excluding carboxylic acids is 2. The van der Waals surface area contributed by atoms with Crippen LogP contribution >= 0.6 is 23.1 Å². The number of thiazole rings is 1. The SMILES string of the molecule is COc1ccc(NC(=O)[C@@H](C)OC(=O)c2ccccc2SCc2csc(C)n2)cc1. The summed E-state index contributed by atoms with van der Waals surface area (Å²) >= 11 is 3.11. The predicted octanol–water partition coefficient (Wildman–Crippen LogP) is 4.94. The summed E-state index contributed by atoms with van der Waals surface area (Å²) in [4.78, 5) is 30.3. The number of nitrogens with zero attached hydrogens (tertiary/aromatic N) is 1. The molecule has 0 unspecified atom stereocenters. The van der Waals surface area contributed by atoms with Crippen LogP contribution in [0.25, 0.3) is 0 Å². The van der Waals surface area contributed by atoms with Crippen molar-refractivity contribution in [3.8, 4) is 5.75 Å². The molecule has 0 spiro atoms. The van der Waals surface area contributed by atoms with Gasteiger partial charge < -0.3 is 14.8 Å². The number of amides is 1. The van der Waals surface area contributed by atoms with Gasteiger partial charge in [0.15, 0.2) is 6.10 Å². The lowest BCUT2D eigenvalue weighted by molar-refractivity contribution is -0.123. The lowest BCUT2D eigenvalue weighted by Gasteiger charge is -2.15. The van der Waals surface area contributed by atoms with Crippen molar-refractivity contribution in [3.63, 3.8) is 0 Å². The maximum atomic E-state index is 12.7. The number of ether oxygens (including phenoxy) is 2. The van der Waals surface area contributed by atoms with Gasteiger partial charge in [-0.2, -0.15) is 0 Å². The largest absolute Gasteiger partial charge is 0.497 e. The Morgan fingerprint density at radius 3 is 2.57 bits per heavy atom. The molecule has 0 aliphatic heterocycles. The number of methoxy groups -OCH3 is 1. The van der Waals surface area contributed by atoms with Crippen LogP contribution in [-0.4, -0.2) is 30.1 Å². The molecule has 8 heteroatoms. The number of hydrogen-bond acceptors (Lipinski definition) is 7. The average Bonchev–Trinajstić information content (AvgIpc) is 3.18. The Balaban J connectivity index is 1.60. The molecule has 1 heterocycles. The standard InChI is InChI=1S/C22H22N2O4S2/c1-14(21(25)24-16-8-10-18(27-3)11-9-16)28-22(26)19-6-4-5-7-20(19)30-13-17-12-29-15(2)23-17/h4-12,14H,13H2,1-3H3,(H,24,25)/t14-/m1/s1. The van der Waals surface area contributed by atoms with Gasteiger partial charge in [0.05, 0.1) is 23.4 Å². The first kappa shape index (κ1) is 21.9. The number of nitrogens with one attached hydrogen (secondary N) is 1. The van der Waals surface area contributed by atoms with Crippen molar-refractivity contribution in [1.29, 1.82) is 0 Å². The van der Waals surface area contributed by atoms with E-state index in [0.29, 0.717) is 22.8 Å². The monoisotopic (exact) mass is 442 g/mol. The second kappa shape index (κ2) is 10.3. The molecule has 0 saturated heterocycles. The summed E-state index contributed by atoms with van der Waals surface area (Å²) in [5.41, 5.74) is 2.00. The van der Waals surface area contributed by atoms with E-state index in [4.69, 9.17) is 9.47 Å². The number of rotatable bonds is 8. The molecular weight excluding hydrogens is 420 g/mol. The molecule has 3 rings (SSSR count). The Morgan fingerprint density at radius 1 is 1.17 bits per heavy atom. The Morgan fingerprint density at radius 2 is 1.90 bits per heavy atom. The predicted molar refractivity (Wildman–Crippen MR) is 119 cm³/mol. The van der Waals surface area contributed by atoms with Gasteiger partial charge in [0.25, 0.3) is 5.91 Å². The lowest BCUT2D eigenvalue weighted by atomic mass is 10.2. The number of carbonyl (C=O) groups is 2. The number of benzene rings is 2. The summed E-state index contributed by atoms with van der Waals surface area (Å²) in [5.74, 6) is 0.401. The highest BCUT2D eigenvalue weighted by Gasteiger charge is 2.21. The quantitative estimate of drug-likeness (QED) is 0.393. The molecule has 0 radical (unpaired) electrons. The third-order valence-electron chi connectivity index (χ3n) is 4.16. The van der Waals surface area contributed by atoms with E-state index >= 15 is 0 Å². The van der Waals surface area contributed by atoms with Crippen molar-refractivity contribution in [2.75, 3.05) is 12.4 Å². The minimum atomic E-state index is -0.946. The van der Waals surface area contributed by atoms with Gasteiger partial charge in [-0.25, -0.2) is 9.78 Å². The van der Waals surface area contributed by atoms with Crippen LogP contribution in [0, 0.1) is 6.92 Å². The van der Waals surface area contributed by atoms with Crippen molar-refractivity contribution in [2.45, 2.75) is 30.6 Å². The van der Waals surface area contributed by atoms with E-state index in [1.54, 1.807) is 61.8 Å². The van der Waals surface area contributed by atoms with Crippen LogP contribution in [0.2, 0.25) is 0 Å². The second-order valence-corrected chi connectivity index (χ2v) is 8.49. The summed E-state index contributed by atoms with van der Waals surface area (Å²) < 4.78 is 10.5. The van der Waals surface area contributed by atoms with E-state index in [1.807, 2.05) is 24.4 Å². The third-order valence-corrected chi connectivity index (χ3v) is 6.09. The molecule has 0 aliphatic carbocycles. The van der Waals surface area contributed by atoms with E-state index in [2.05, 4.69) is 10.3 Å². The van der Waals surface area contributed by atoms with Crippen molar-refractivity contribution in [2.24, 2.45) is 0 Å². The highest BCUT2D eigenvalue weighted by Crippen LogP contribution is 2.27. The highest BCUT2D eigenvalue weighted by molar-refractivity contribution is 7.98. The van der Waals surface area contributed by atoms with Gasteiger partial charge in [-0.1, -0.05) is 12.1 Å². The Labute approximate surface area is 183 Å². The van der Waals surface area contributed by atoms with E-state index < -0.39 is 18.0 Å². The minimum absolute atomic E-state index is 0.406. The first-order valence-corrected chi connectivity index (χ1v) is 11.1. The molecule has 30 heavy (non-hydrogen) atoms. The minimum Gasteiger partial charge on any atom is -0.497 e. The number of thioether (sulfide) groups is 1. The molecule has 0 aliphatic rings. The summed E-state index contributed by atoms with van der Waals surface area (Å²) in [5, 5.41) is 5.75. The zero-order valence-corrected chi connectivity index (χ0v) is 18.5. The molecule has 6 nitrogen and oxygen atoms in total. The summed E-state index contributed by atoms with van der Waals surface area (Å²) in [6.07, 6.45) is -0.946. The zero-order chi connectivity index (χ0) is 21.5. The molecule has 156 valence electrons. The van der Waals surface area contributed by atoms with Crippen molar-refractivity contribution >= 4 is 40.7 Å².